The summed E-state index contributed by atoms with van der Waals surface area (Å²) in [6.45, 7) is 15.5. The summed E-state index contributed by atoms with van der Waals surface area (Å²) in [5, 5.41) is 11.4. The van der Waals surface area contributed by atoms with Gasteiger partial charge in [0.15, 0.2) is 0 Å². The van der Waals surface area contributed by atoms with Crippen molar-refractivity contribution in [3.05, 3.63) is 11.6 Å². The van der Waals surface area contributed by atoms with Gasteiger partial charge in [0.2, 0.25) is 29.4 Å². The summed E-state index contributed by atoms with van der Waals surface area (Å²) in [6.07, 6.45) is 7.88. The second-order valence-corrected chi connectivity index (χ2v) is 17.9. The monoisotopic (exact) mass is 756 g/mol. The zero-order chi connectivity index (χ0) is 40.0. The lowest BCUT2D eigenvalue weighted by Gasteiger charge is -2.40. The number of amides is 7. The third-order valence-corrected chi connectivity index (χ3v) is 10.9. The number of carbonyl (C=O) groups is 7. The number of Topliss-reactive ketones (excluding diaryl/α,β-unsaturated/α-hetero) is 1. The molecular weight excluding hydrogens is 692 g/mol. The van der Waals surface area contributed by atoms with Gasteiger partial charge in [-0.05, 0) is 63.7 Å². The molecule has 1 saturated carbocycles. The summed E-state index contributed by atoms with van der Waals surface area (Å²) < 4.78 is 6.16. The van der Waals surface area contributed by atoms with E-state index < -0.39 is 70.6 Å². The molecule has 0 aromatic carbocycles. The molecule has 4 aliphatic rings. The first kappa shape index (κ1) is 42.9. The lowest BCUT2D eigenvalue weighted by Crippen LogP contribution is -2.62. The number of ether oxygens (including phenoxy) is 1. The van der Waals surface area contributed by atoms with Crippen LogP contribution in [0, 0.1) is 16.7 Å². The first-order valence-corrected chi connectivity index (χ1v) is 19.9. The van der Waals surface area contributed by atoms with Crippen LogP contribution in [0.5, 0.6) is 0 Å². The highest BCUT2D eigenvalue weighted by molar-refractivity contribution is 6.38. The molecule has 14 heteroatoms. The predicted octanol–water partition coefficient (Wildman–Crippen LogP) is 3.52. The normalized spacial score (nSPS) is 28.0. The predicted molar refractivity (Wildman–Crippen MR) is 203 cm³/mol. The molecule has 0 radical (unpaired) electrons. The van der Waals surface area contributed by atoms with Crippen LogP contribution in [0.2, 0.25) is 0 Å². The molecule has 6 atom stereocenters. The first-order chi connectivity index (χ1) is 25.3. The van der Waals surface area contributed by atoms with Gasteiger partial charge in [0.05, 0.1) is 18.2 Å². The van der Waals surface area contributed by atoms with E-state index >= 15 is 0 Å². The summed E-state index contributed by atoms with van der Waals surface area (Å²) in [4.78, 5) is 97.7. The number of rotatable bonds is 8. The van der Waals surface area contributed by atoms with Crippen LogP contribution in [0.4, 0.5) is 4.79 Å². The number of hydrogen-bond acceptors (Lipinski definition) is 8. The maximum Gasteiger partial charge on any atom is 0.315 e. The van der Waals surface area contributed by atoms with Crippen molar-refractivity contribution in [2.24, 2.45) is 16.7 Å². The molecule has 0 aromatic rings. The van der Waals surface area contributed by atoms with Crippen molar-refractivity contribution < 1.29 is 38.3 Å². The van der Waals surface area contributed by atoms with Crippen molar-refractivity contribution in [1.29, 1.82) is 0 Å². The molecule has 3 saturated heterocycles. The molecule has 7 amide bonds. The molecular formula is C40H64N6O8. The molecule has 14 nitrogen and oxygen atoms in total. The fourth-order valence-corrected chi connectivity index (χ4v) is 7.55. The van der Waals surface area contributed by atoms with Crippen LogP contribution in [0.25, 0.3) is 0 Å². The Hall–Kier alpha value is -3.81. The van der Waals surface area contributed by atoms with E-state index in [0.717, 1.165) is 44.1 Å². The number of carbonyl (C=O) groups excluding carboxylic acids is 7. The molecule has 54 heavy (non-hydrogen) atoms. The maximum atomic E-state index is 14.6. The lowest BCUT2D eigenvalue weighted by atomic mass is 9.80. The van der Waals surface area contributed by atoms with Crippen LogP contribution >= 0.6 is 0 Å². The van der Waals surface area contributed by atoms with E-state index in [1.807, 2.05) is 54.5 Å². The standard InChI is InChI=1S/C40H64N6O8/c1-24(2)20-26-17-18-45-33(26)35(50)42-28(34(49)36(51)41-27-15-16-27)14-12-10-9-11-13-19-54-25(3)32(37(45)52)44-38(53)43-29(39(4,5)6)23-46-30(47)21-40(7,8)22-31(46)48/h20,25-29,32-33H,9-19,21-23H2,1-8H3,(H,41,51)(H,42,50)(H2,43,44,53)/t25-,26+,28-,29+,32-,33-/m0/s1. The Bertz CT molecular complexity index is 1440. The van der Waals surface area contributed by atoms with Gasteiger partial charge in [-0.25, -0.2) is 4.79 Å². The van der Waals surface area contributed by atoms with Crippen molar-refractivity contribution in [2.45, 2.75) is 162 Å². The van der Waals surface area contributed by atoms with Crippen LogP contribution in [-0.2, 0) is 33.5 Å². The maximum absolute atomic E-state index is 14.6. The topological polar surface area (TPSA) is 183 Å². The Morgan fingerprint density at radius 1 is 0.926 bits per heavy atom. The van der Waals surface area contributed by atoms with Gasteiger partial charge in [0.25, 0.3) is 5.91 Å². The van der Waals surface area contributed by atoms with Crippen molar-refractivity contribution in [1.82, 2.24) is 31.1 Å². The summed E-state index contributed by atoms with van der Waals surface area (Å²) >= 11 is 0. The van der Waals surface area contributed by atoms with Crippen LogP contribution in [-0.4, -0.2) is 107 Å². The first-order valence-electron chi connectivity index (χ1n) is 19.9. The quantitative estimate of drug-likeness (QED) is 0.165. The molecule has 4 N–H and O–H groups in total. The van der Waals surface area contributed by atoms with Gasteiger partial charge in [-0.1, -0.05) is 72.0 Å². The molecule has 4 fully saturated rings. The van der Waals surface area contributed by atoms with Gasteiger partial charge in [-0.15, -0.1) is 0 Å². The van der Waals surface area contributed by atoms with Crippen molar-refractivity contribution in [3.8, 4) is 0 Å². The van der Waals surface area contributed by atoms with E-state index in [1.54, 1.807) is 6.92 Å². The third kappa shape index (κ3) is 11.8. The molecule has 0 spiro atoms. The molecule has 0 aromatic heterocycles. The molecule has 0 unspecified atom stereocenters. The van der Waals surface area contributed by atoms with Crippen LogP contribution in [0.15, 0.2) is 11.6 Å². The van der Waals surface area contributed by atoms with Crippen LogP contribution in [0.3, 0.4) is 0 Å². The molecule has 1 aliphatic carbocycles. The van der Waals surface area contributed by atoms with Crippen LogP contribution < -0.4 is 21.3 Å². The number of likely N-dealkylation sites (tertiary alicyclic amines) is 1. The van der Waals surface area contributed by atoms with Gasteiger partial charge >= 0.3 is 6.03 Å². The number of hydrogen-bond donors (Lipinski definition) is 4. The van der Waals surface area contributed by atoms with E-state index in [1.165, 1.54) is 9.80 Å². The Labute approximate surface area is 320 Å². The zero-order valence-corrected chi connectivity index (χ0v) is 33.7. The van der Waals surface area contributed by atoms with Crippen LogP contribution in [0.1, 0.15) is 126 Å². The Kier molecular flexibility index (Phi) is 14.5. The largest absolute Gasteiger partial charge is 0.376 e. The van der Waals surface area contributed by atoms with Gasteiger partial charge in [0, 0.05) is 44.5 Å². The molecule has 3 heterocycles. The van der Waals surface area contributed by atoms with E-state index in [0.29, 0.717) is 25.9 Å². The second kappa shape index (κ2) is 18.2. The van der Waals surface area contributed by atoms with E-state index in [2.05, 4.69) is 21.3 Å². The lowest BCUT2D eigenvalue weighted by molar-refractivity contribution is -0.153. The highest BCUT2D eigenvalue weighted by Gasteiger charge is 2.46. The fraction of sp³-hybridized carbons (Fsp3) is 0.775. The van der Waals surface area contributed by atoms with Crippen molar-refractivity contribution >= 4 is 41.4 Å². The zero-order valence-electron chi connectivity index (χ0n) is 33.7. The Balaban J connectivity index is 1.60. The fourth-order valence-electron chi connectivity index (χ4n) is 7.55. The highest BCUT2D eigenvalue weighted by Crippen LogP contribution is 2.33. The number of nitrogens with zero attached hydrogens (tertiary/aromatic N) is 2. The second-order valence-electron chi connectivity index (χ2n) is 17.9. The van der Waals surface area contributed by atoms with E-state index in [4.69, 9.17) is 4.74 Å². The molecule has 4 rings (SSSR count). The SMILES string of the molecule is CC(C)=C[C@H]1CCN2C(=O)[C@@H](NC(=O)N[C@H](CN3C(=O)CC(C)(C)CC3=O)C(C)(C)C)[C@H](C)OCCCCCCC[C@@H](C(=O)C(=O)NC3CC3)NC(=O)[C@H]12. The average molecular weight is 757 g/mol. The Morgan fingerprint density at radius 2 is 1.56 bits per heavy atom. The number of allylic oxidation sites excluding steroid dienone is 1. The molecule has 0 bridgehead atoms. The number of piperidine rings is 1. The number of nitrogens with one attached hydrogen (secondary N) is 4. The van der Waals surface area contributed by atoms with Gasteiger partial charge in [-0.2, -0.15) is 0 Å². The minimum Gasteiger partial charge on any atom is -0.376 e. The third-order valence-electron chi connectivity index (χ3n) is 10.9. The van der Waals surface area contributed by atoms with Gasteiger partial charge in [0.1, 0.15) is 12.1 Å². The van der Waals surface area contributed by atoms with E-state index in [9.17, 15) is 33.6 Å². The number of ketones is 1. The molecule has 3 aliphatic heterocycles. The minimum atomic E-state index is -1.19. The van der Waals surface area contributed by atoms with Gasteiger partial charge < -0.3 is 30.9 Å². The number of imide groups is 1. The summed E-state index contributed by atoms with van der Waals surface area (Å²) in [7, 11) is 0. The highest BCUT2D eigenvalue weighted by atomic mass is 16.5. The van der Waals surface area contributed by atoms with Crippen molar-refractivity contribution in [3.63, 3.8) is 0 Å². The summed E-state index contributed by atoms with van der Waals surface area (Å²) in [6, 6.07) is -4.56. The summed E-state index contributed by atoms with van der Waals surface area (Å²) in [5.41, 5.74) is -0.0564. The smallest absolute Gasteiger partial charge is 0.315 e. The van der Waals surface area contributed by atoms with Gasteiger partial charge in [-0.3, -0.25) is 33.7 Å². The number of fused-ring (bicyclic) bond motifs is 1. The Morgan fingerprint density at radius 3 is 2.17 bits per heavy atom. The minimum absolute atomic E-state index is 0.0139. The molecule has 302 valence electrons. The van der Waals surface area contributed by atoms with Crippen molar-refractivity contribution in [2.75, 3.05) is 19.7 Å². The van der Waals surface area contributed by atoms with E-state index in [-0.39, 0.29) is 49.7 Å². The number of urea groups is 1. The average Bonchev–Trinajstić information content (AvgIpc) is 3.78. The summed E-state index contributed by atoms with van der Waals surface area (Å²) in [5.74, 6) is -3.39.